The molecule has 0 rings (SSSR count). The molecule has 0 heterocycles. The molecule has 0 unspecified atom stereocenters. The first-order valence-electron chi connectivity index (χ1n) is 1.87. The van der Waals surface area contributed by atoms with Crippen LogP contribution in [0.15, 0.2) is 11.9 Å². The van der Waals surface area contributed by atoms with Crippen molar-refractivity contribution in [2.45, 2.75) is 6.92 Å². The van der Waals surface area contributed by atoms with Crippen molar-refractivity contribution in [2.24, 2.45) is 0 Å². The van der Waals surface area contributed by atoms with Gasteiger partial charge >= 0.3 is 41.4 Å². The second kappa shape index (κ2) is 2.38. The van der Waals surface area contributed by atoms with Gasteiger partial charge in [-0.1, -0.05) is 0 Å². The summed E-state index contributed by atoms with van der Waals surface area (Å²) in [6.45, 7) is 1.60. The first-order chi connectivity index (χ1) is 3.06. The molecule has 0 spiro atoms. The molecular formula is C3H9O3P. The summed E-state index contributed by atoms with van der Waals surface area (Å²) in [5, 5.41) is 0. The normalized spacial score (nSPS) is 15.4. The maximum atomic E-state index is 8.18. The summed E-state index contributed by atoms with van der Waals surface area (Å²) in [5.41, 5.74) is 0. The van der Waals surface area contributed by atoms with Crippen molar-refractivity contribution in [3.63, 3.8) is 0 Å². The summed E-state index contributed by atoms with van der Waals surface area (Å²) in [6, 6.07) is 0. The standard InChI is InChI=1S/C3H9O3P/c1-2-3-7(4,5)6/h2-7H,1H3. The Kier molecular flexibility index (Phi) is 2.40. The van der Waals surface area contributed by atoms with E-state index in [0.29, 0.717) is 0 Å². The summed E-state index contributed by atoms with van der Waals surface area (Å²) in [4.78, 5) is 24.5. The fourth-order valence-electron chi connectivity index (χ4n) is 0.224. The molecule has 0 radical (unpaired) electrons. The van der Waals surface area contributed by atoms with Crippen molar-refractivity contribution in [2.75, 3.05) is 0 Å². The van der Waals surface area contributed by atoms with Gasteiger partial charge in [0.05, 0.1) is 0 Å². The SMILES string of the molecule is CC=C[PH](O)(O)O. The van der Waals surface area contributed by atoms with Crippen molar-refractivity contribution >= 4 is 7.94 Å². The molecule has 0 bridgehead atoms. The molecule has 7 heavy (non-hydrogen) atoms. The zero-order valence-electron chi connectivity index (χ0n) is 4.00. The average Bonchev–Trinajstić information content (AvgIpc) is 1.30. The van der Waals surface area contributed by atoms with Crippen molar-refractivity contribution in [1.29, 1.82) is 0 Å². The molecule has 0 aromatic carbocycles. The van der Waals surface area contributed by atoms with Gasteiger partial charge in [-0.15, -0.1) is 0 Å². The first-order valence-corrected chi connectivity index (χ1v) is 3.79. The molecule has 0 saturated carbocycles. The maximum absolute atomic E-state index is 8.18. The van der Waals surface area contributed by atoms with Crippen LogP contribution in [0.25, 0.3) is 0 Å². The van der Waals surface area contributed by atoms with E-state index in [4.69, 9.17) is 14.7 Å². The predicted octanol–water partition coefficient (Wildman–Crippen LogP) is -0.00820. The summed E-state index contributed by atoms with van der Waals surface area (Å²) >= 11 is 0. The molecule has 4 heteroatoms. The van der Waals surface area contributed by atoms with Crippen LogP contribution in [0.2, 0.25) is 0 Å². The molecule has 3 nitrogen and oxygen atoms in total. The van der Waals surface area contributed by atoms with E-state index in [9.17, 15) is 0 Å². The molecule has 0 aromatic rings. The molecule has 0 aliphatic rings. The van der Waals surface area contributed by atoms with Gasteiger partial charge in [-0.05, 0) is 0 Å². The zero-order valence-corrected chi connectivity index (χ0v) is 5.00. The number of hydrogen-bond donors (Lipinski definition) is 3. The van der Waals surface area contributed by atoms with Crippen LogP contribution < -0.4 is 0 Å². The van der Waals surface area contributed by atoms with E-state index < -0.39 is 7.94 Å². The Morgan fingerprint density at radius 3 is 1.71 bits per heavy atom. The summed E-state index contributed by atoms with van der Waals surface area (Å²) in [7, 11) is -3.84. The van der Waals surface area contributed by atoms with Crippen molar-refractivity contribution in [3.05, 3.63) is 11.9 Å². The third-order valence-corrected chi connectivity index (χ3v) is 1.17. The van der Waals surface area contributed by atoms with Gasteiger partial charge in [0.15, 0.2) is 0 Å². The van der Waals surface area contributed by atoms with E-state index in [2.05, 4.69) is 0 Å². The predicted molar refractivity (Wildman–Crippen MR) is 29.8 cm³/mol. The molecule has 44 valence electrons. The molecule has 0 saturated heterocycles. The first kappa shape index (κ1) is 7.05. The number of hydrogen-bond acceptors (Lipinski definition) is 3. The quantitative estimate of drug-likeness (QED) is 0.431. The molecule has 0 atom stereocenters. The van der Waals surface area contributed by atoms with Crippen molar-refractivity contribution in [3.8, 4) is 0 Å². The van der Waals surface area contributed by atoms with E-state index in [1.54, 1.807) is 6.92 Å². The van der Waals surface area contributed by atoms with E-state index in [1.165, 1.54) is 6.08 Å². The van der Waals surface area contributed by atoms with Crippen LogP contribution >= 0.6 is 7.94 Å². The molecule has 0 aliphatic carbocycles. The van der Waals surface area contributed by atoms with Gasteiger partial charge in [0.25, 0.3) is 0 Å². The second-order valence-corrected chi connectivity index (χ2v) is 2.90. The monoisotopic (exact) mass is 124 g/mol. The third-order valence-electron chi connectivity index (χ3n) is 0.390. The third kappa shape index (κ3) is 6.05. The van der Waals surface area contributed by atoms with Crippen molar-refractivity contribution < 1.29 is 14.7 Å². The molecule has 0 amide bonds. The summed E-state index contributed by atoms with van der Waals surface area (Å²) in [6.07, 6.45) is 1.40. The Bertz CT molecular complexity index is 72.7. The minimum atomic E-state index is -3.84. The van der Waals surface area contributed by atoms with Crippen LogP contribution in [0.1, 0.15) is 6.92 Å². The molecular weight excluding hydrogens is 115 g/mol. The van der Waals surface area contributed by atoms with Crippen LogP contribution in [0.5, 0.6) is 0 Å². The minimum absolute atomic E-state index is 0.993. The van der Waals surface area contributed by atoms with Crippen LogP contribution in [-0.2, 0) is 0 Å². The number of rotatable bonds is 1. The van der Waals surface area contributed by atoms with Gasteiger partial charge in [-0.25, -0.2) is 0 Å². The van der Waals surface area contributed by atoms with Gasteiger partial charge < -0.3 is 0 Å². The Morgan fingerprint density at radius 1 is 1.29 bits per heavy atom. The molecule has 0 fully saturated rings. The van der Waals surface area contributed by atoms with E-state index in [0.717, 1.165) is 5.82 Å². The second-order valence-electron chi connectivity index (χ2n) is 1.19. The molecule has 0 aliphatic heterocycles. The summed E-state index contributed by atoms with van der Waals surface area (Å²) < 4.78 is 0. The van der Waals surface area contributed by atoms with Gasteiger partial charge in [0, 0.05) is 0 Å². The average molecular weight is 124 g/mol. The van der Waals surface area contributed by atoms with E-state index >= 15 is 0 Å². The van der Waals surface area contributed by atoms with Gasteiger partial charge in [-0.2, -0.15) is 0 Å². The summed E-state index contributed by atoms with van der Waals surface area (Å²) in [5.74, 6) is 0.993. The fourth-order valence-corrected chi connectivity index (χ4v) is 0.671. The van der Waals surface area contributed by atoms with E-state index in [-0.39, 0.29) is 0 Å². The zero-order chi connectivity index (χ0) is 5.91. The Balaban J connectivity index is 3.56. The van der Waals surface area contributed by atoms with Crippen LogP contribution in [-0.4, -0.2) is 14.7 Å². The Morgan fingerprint density at radius 2 is 1.71 bits per heavy atom. The van der Waals surface area contributed by atoms with Crippen molar-refractivity contribution in [1.82, 2.24) is 0 Å². The van der Waals surface area contributed by atoms with Crippen LogP contribution in [0, 0.1) is 0 Å². The topological polar surface area (TPSA) is 60.7 Å². The van der Waals surface area contributed by atoms with E-state index in [1.807, 2.05) is 0 Å². The van der Waals surface area contributed by atoms with Crippen LogP contribution in [0.4, 0.5) is 0 Å². The van der Waals surface area contributed by atoms with Gasteiger partial charge in [0.1, 0.15) is 0 Å². The molecule has 3 N–H and O–H groups in total. The Hall–Kier alpha value is 0.0500. The molecule has 0 aromatic heterocycles. The van der Waals surface area contributed by atoms with Gasteiger partial charge in [-0.3, -0.25) is 0 Å². The van der Waals surface area contributed by atoms with Gasteiger partial charge in [0.2, 0.25) is 0 Å². The fraction of sp³-hybridized carbons (Fsp3) is 0.333. The number of allylic oxidation sites excluding steroid dienone is 1. The Labute approximate surface area is 42.5 Å². The van der Waals surface area contributed by atoms with Crippen LogP contribution in [0.3, 0.4) is 0 Å².